The summed E-state index contributed by atoms with van der Waals surface area (Å²) in [6.45, 7) is 10.2. The van der Waals surface area contributed by atoms with Gasteiger partial charge in [-0.2, -0.15) is 0 Å². The zero-order valence-electron chi connectivity index (χ0n) is 8.90. The molecule has 0 amide bonds. The molecule has 0 radical (unpaired) electrons. The van der Waals surface area contributed by atoms with Crippen molar-refractivity contribution in [3.05, 3.63) is 11.1 Å². The molecule has 12 heavy (non-hydrogen) atoms. The Balaban J connectivity index is 3.93. The van der Waals surface area contributed by atoms with Crippen molar-refractivity contribution in [3.8, 4) is 0 Å². The molecule has 0 aliphatic carbocycles. The lowest BCUT2D eigenvalue weighted by Gasteiger charge is -2.10. The van der Waals surface area contributed by atoms with Gasteiger partial charge in [0.05, 0.1) is 0 Å². The van der Waals surface area contributed by atoms with Crippen LogP contribution in [0.4, 0.5) is 0 Å². The summed E-state index contributed by atoms with van der Waals surface area (Å²) in [7, 11) is 0. The molecule has 0 saturated carbocycles. The van der Waals surface area contributed by atoms with Crippen LogP contribution in [0.25, 0.3) is 0 Å². The highest BCUT2D eigenvalue weighted by atomic mass is 16.1. The standard InChI is InChI=1S/C11H20O/c1-8(2)10(4)6-9(3)7-11(5)12/h9H,6-7H2,1-5H3. The van der Waals surface area contributed by atoms with E-state index in [4.69, 9.17) is 0 Å². The van der Waals surface area contributed by atoms with Crippen molar-refractivity contribution in [1.82, 2.24) is 0 Å². The largest absolute Gasteiger partial charge is 0.300 e. The summed E-state index contributed by atoms with van der Waals surface area (Å²) in [5, 5.41) is 0. The highest BCUT2D eigenvalue weighted by Crippen LogP contribution is 2.17. The molecule has 1 heteroatoms. The predicted octanol–water partition coefficient (Wildman–Crippen LogP) is 3.35. The molecule has 1 nitrogen and oxygen atoms in total. The van der Waals surface area contributed by atoms with Crippen molar-refractivity contribution >= 4 is 5.78 Å². The molecule has 70 valence electrons. The first-order valence-corrected chi connectivity index (χ1v) is 4.56. The van der Waals surface area contributed by atoms with Crippen LogP contribution < -0.4 is 0 Å². The monoisotopic (exact) mass is 168 g/mol. The molecule has 0 aromatic heterocycles. The normalized spacial score (nSPS) is 12.4. The van der Waals surface area contributed by atoms with Crippen molar-refractivity contribution in [3.63, 3.8) is 0 Å². The van der Waals surface area contributed by atoms with Crippen LogP contribution in [0.3, 0.4) is 0 Å². The van der Waals surface area contributed by atoms with Crippen molar-refractivity contribution < 1.29 is 4.79 Å². The van der Waals surface area contributed by atoms with Gasteiger partial charge >= 0.3 is 0 Å². The average molecular weight is 168 g/mol. The van der Waals surface area contributed by atoms with Gasteiger partial charge in [0.25, 0.3) is 0 Å². The van der Waals surface area contributed by atoms with Gasteiger partial charge in [-0.25, -0.2) is 0 Å². The fourth-order valence-electron chi connectivity index (χ4n) is 1.29. The Labute approximate surface area is 75.9 Å². The van der Waals surface area contributed by atoms with Crippen LogP contribution in [0.5, 0.6) is 0 Å². The maximum Gasteiger partial charge on any atom is 0.130 e. The molecule has 1 atom stereocenters. The first-order valence-electron chi connectivity index (χ1n) is 4.56. The SMILES string of the molecule is CC(=O)CC(C)CC(C)=C(C)C. The van der Waals surface area contributed by atoms with Gasteiger partial charge < -0.3 is 4.79 Å². The minimum atomic E-state index is 0.295. The fourth-order valence-corrected chi connectivity index (χ4v) is 1.29. The molecule has 0 spiro atoms. The molecule has 0 aromatic rings. The highest BCUT2D eigenvalue weighted by Gasteiger charge is 2.06. The summed E-state index contributed by atoms with van der Waals surface area (Å²) in [5.74, 6) is 0.793. The molecule has 0 N–H and O–H groups in total. The second-order valence-corrected chi connectivity index (χ2v) is 4.00. The van der Waals surface area contributed by atoms with Crippen LogP contribution in [-0.2, 0) is 4.79 Å². The van der Waals surface area contributed by atoms with Gasteiger partial charge in [-0.05, 0) is 40.0 Å². The van der Waals surface area contributed by atoms with Crippen molar-refractivity contribution in [1.29, 1.82) is 0 Å². The van der Waals surface area contributed by atoms with E-state index in [0.717, 1.165) is 6.42 Å². The van der Waals surface area contributed by atoms with E-state index in [-0.39, 0.29) is 0 Å². The molecular weight excluding hydrogens is 148 g/mol. The van der Waals surface area contributed by atoms with Gasteiger partial charge in [-0.1, -0.05) is 18.1 Å². The Morgan fingerprint density at radius 2 is 1.58 bits per heavy atom. The first kappa shape index (κ1) is 11.4. The van der Waals surface area contributed by atoms with Gasteiger partial charge in [0.15, 0.2) is 0 Å². The molecule has 0 aromatic carbocycles. The first-order chi connectivity index (χ1) is 5.43. The smallest absolute Gasteiger partial charge is 0.130 e. The Morgan fingerprint density at radius 3 is 1.92 bits per heavy atom. The molecule has 0 bridgehead atoms. The third-order valence-corrected chi connectivity index (χ3v) is 2.14. The molecule has 0 saturated heterocycles. The fraction of sp³-hybridized carbons (Fsp3) is 0.727. The zero-order chi connectivity index (χ0) is 9.72. The van der Waals surface area contributed by atoms with Crippen LogP contribution in [-0.4, -0.2) is 5.78 Å². The summed E-state index contributed by atoms with van der Waals surface area (Å²) in [6, 6.07) is 0. The van der Waals surface area contributed by atoms with Gasteiger partial charge in [-0.3, -0.25) is 0 Å². The Bertz CT molecular complexity index is 185. The van der Waals surface area contributed by atoms with Crippen molar-refractivity contribution in [2.75, 3.05) is 0 Å². The van der Waals surface area contributed by atoms with Gasteiger partial charge in [0.2, 0.25) is 0 Å². The lowest BCUT2D eigenvalue weighted by Crippen LogP contribution is -2.02. The molecule has 0 aliphatic heterocycles. The molecule has 0 rings (SSSR count). The minimum Gasteiger partial charge on any atom is -0.300 e. The number of hydrogen-bond acceptors (Lipinski definition) is 1. The van der Waals surface area contributed by atoms with Crippen molar-refractivity contribution in [2.24, 2.45) is 5.92 Å². The van der Waals surface area contributed by atoms with E-state index in [2.05, 4.69) is 27.7 Å². The average Bonchev–Trinajstić information content (AvgIpc) is 1.84. The van der Waals surface area contributed by atoms with Crippen LogP contribution in [0.1, 0.15) is 47.5 Å². The maximum atomic E-state index is 10.8. The molecular formula is C11H20O. The zero-order valence-corrected chi connectivity index (χ0v) is 8.90. The lowest BCUT2D eigenvalue weighted by atomic mass is 9.95. The third kappa shape index (κ3) is 5.11. The maximum absolute atomic E-state index is 10.8. The summed E-state index contributed by atoms with van der Waals surface area (Å²) in [5.41, 5.74) is 2.80. The second kappa shape index (κ2) is 5.13. The van der Waals surface area contributed by atoms with E-state index < -0.39 is 0 Å². The summed E-state index contributed by atoms with van der Waals surface area (Å²) < 4.78 is 0. The van der Waals surface area contributed by atoms with E-state index in [0.29, 0.717) is 18.1 Å². The topological polar surface area (TPSA) is 17.1 Å². The van der Waals surface area contributed by atoms with Gasteiger partial charge in [0.1, 0.15) is 5.78 Å². The van der Waals surface area contributed by atoms with E-state index in [9.17, 15) is 4.79 Å². The summed E-state index contributed by atoms with van der Waals surface area (Å²) in [6.07, 6.45) is 1.77. The highest BCUT2D eigenvalue weighted by molar-refractivity contribution is 5.75. The van der Waals surface area contributed by atoms with Crippen LogP contribution in [0.2, 0.25) is 0 Å². The predicted molar refractivity (Wildman–Crippen MR) is 53.1 cm³/mol. The number of carbonyl (C=O) groups is 1. The van der Waals surface area contributed by atoms with E-state index in [1.165, 1.54) is 11.1 Å². The number of rotatable bonds is 4. The molecule has 0 aliphatic rings. The Morgan fingerprint density at radius 1 is 1.08 bits per heavy atom. The van der Waals surface area contributed by atoms with Crippen LogP contribution in [0, 0.1) is 5.92 Å². The third-order valence-electron chi connectivity index (χ3n) is 2.14. The lowest BCUT2D eigenvalue weighted by molar-refractivity contribution is -0.117. The molecule has 0 heterocycles. The van der Waals surface area contributed by atoms with Gasteiger partial charge in [0, 0.05) is 6.42 Å². The number of allylic oxidation sites excluding steroid dienone is 2. The number of carbonyl (C=O) groups excluding carboxylic acids is 1. The summed E-state index contributed by atoms with van der Waals surface area (Å²) in [4.78, 5) is 10.8. The summed E-state index contributed by atoms with van der Waals surface area (Å²) >= 11 is 0. The second-order valence-electron chi connectivity index (χ2n) is 4.00. The number of Topliss-reactive ketones (excluding diaryl/α,β-unsaturated/α-hetero) is 1. The van der Waals surface area contributed by atoms with E-state index in [1.807, 2.05) is 0 Å². The Hall–Kier alpha value is -0.590. The van der Waals surface area contributed by atoms with Gasteiger partial charge in [-0.15, -0.1) is 0 Å². The van der Waals surface area contributed by atoms with Crippen LogP contribution in [0.15, 0.2) is 11.1 Å². The molecule has 0 fully saturated rings. The minimum absolute atomic E-state index is 0.295. The van der Waals surface area contributed by atoms with Crippen molar-refractivity contribution in [2.45, 2.75) is 47.5 Å². The van der Waals surface area contributed by atoms with E-state index in [1.54, 1.807) is 6.92 Å². The Kier molecular flexibility index (Phi) is 4.87. The number of hydrogen-bond donors (Lipinski definition) is 0. The number of ketones is 1. The van der Waals surface area contributed by atoms with Crippen LogP contribution >= 0.6 is 0 Å². The molecule has 1 unspecified atom stereocenters. The van der Waals surface area contributed by atoms with E-state index >= 15 is 0 Å². The quantitative estimate of drug-likeness (QED) is 0.588.